The fraction of sp³-hybridized carbons (Fsp3) is 0.333. The van der Waals surface area contributed by atoms with Gasteiger partial charge in [-0.15, -0.1) is 10.2 Å². The lowest BCUT2D eigenvalue weighted by molar-refractivity contribution is 0.0957. The van der Waals surface area contributed by atoms with Gasteiger partial charge in [0, 0.05) is 25.5 Å². The fourth-order valence-corrected chi connectivity index (χ4v) is 1.65. The van der Waals surface area contributed by atoms with Gasteiger partial charge in [-0.05, 0) is 25.1 Å². The zero-order valence-electron chi connectivity index (χ0n) is 10.9. The Balaban J connectivity index is 1.93. The van der Waals surface area contributed by atoms with Crippen LogP contribution in [0.1, 0.15) is 17.4 Å². The SMILES string of the molecule is CNC(=O)c1ccc(NC(C)Cn2cccn2)nn1. The molecule has 0 aliphatic carbocycles. The number of nitrogens with one attached hydrogen (secondary N) is 2. The second-order valence-corrected chi connectivity index (χ2v) is 4.16. The highest BCUT2D eigenvalue weighted by Crippen LogP contribution is 2.05. The Hall–Kier alpha value is -2.44. The Bertz CT molecular complexity index is 522. The van der Waals surface area contributed by atoms with Gasteiger partial charge in [0.15, 0.2) is 5.69 Å². The van der Waals surface area contributed by atoms with Crippen molar-refractivity contribution in [3.8, 4) is 0 Å². The maximum atomic E-state index is 11.3. The predicted octanol–water partition coefficient (Wildman–Crippen LogP) is 0.533. The Labute approximate surface area is 111 Å². The van der Waals surface area contributed by atoms with Crippen molar-refractivity contribution in [2.24, 2.45) is 0 Å². The number of nitrogens with zero attached hydrogens (tertiary/aromatic N) is 4. The summed E-state index contributed by atoms with van der Waals surface area (Å²) in [6.45, 7) is 2.75. The molecule has 1 unspecified atom stereocenters. The lowest BCUT2D eigenvalue weighted by Crippen LogP contribution is -2.24. The molecule has 1 atom stereocenters. The third-order valence-electron chi connectivity index (χ3n) is 2.54. The zero-order chi connectivity index (χ0) is 13.7. The van der Waals surface area contributed by atoms with Crippen LogP contribution in [-0.2, 0) is 6.54 Å². The molecule has 0 aromatic carbocycles. The first-order valence-corrected chi connectivity index (χ1v) is 5.99. The van der Waals surface area contributed by atoms with Crippen LogP contribution in [0.4, 0.5) is 5.82 Å². The van der Waals surface area contributed by atoms with Gasteiger partial charge in [0.1, 0.15) is 5.82 Å². The quantitative estimate of drug-likeness (QED) is 0.819. The topological polar surface area (TPSA) is 84.7 Å². The summed E-state index contributed by atoms with van der Waals surface area (Å²) < 4.78 is 1.84. The minimum Gasteiger partial charge on any atom is -0.364 e. The Kier molecular flexibility index (Phi) is 4.07. The number of aromatic nitrogens is 4. The third-order valence-corrected chi connectivity index (χ3v) is 2.54. The second-order valence-electron chi connectivity index (χ2n) is 4.16. The molecule has 2 N–H and O–H groups in total. The van der Waals surface area contributed by atoms with Crippen LogP contribution in [0.15, 0.2) is 30.6 Å². The van der Waals surface area contributed by atoms with E-state index in [0.717, 1.165) is 6.54 Å². The maximum Gasteiger partial charge on any atom is 0.271 e. The van der Waals surface area contributed by atoms with Crippen molar-refractivity contribution in [1.82, 2.24) is 25.3 Å². The van der Waals surface area contributed by atoms with Crippen molar-refractivity contribution in [2.45, 2.75) is 19.5 Å². The molecule has 1 amide bonds. The van der Waals surface area contributed by atoms with E-state index < -0.39 is 0 Å². The van der Waals surface area contributed by atoms with E-state index in [1.807, 2.05) is 23.9 Å². The number of carbonyl (C=O) groups is 1. The number of hydrogen-bond donors (Lipinski definition) is 2. The zero-order valence-corrected chi connectivity index (χ0v) is 10.9. The van der Waals surface area contributed by atoms with Gasteiger partial charge in [-0.1, -0.05) is 0 Å². The lowest BCUT2D eigenvalue weighted by Gasteiger charge is -2.14. The molecule has 100 valence electrons. The molecule has 7 heteroatoms. The molecule has 19 heavy (non-hydrogen) atoms. The minimum atomic E-state index is -0.247. The molecule has 0 saturated heterocycles. The summed E-state index contributed by atoms with van der Waals surface area (Å²) in [7, 11) is 1.56. The van der Waals surface area contributed by atoms with E-state index in [0.29, 0.717) is 11.5 Å². The summed E-state index contributed by atoms with van der Waals surface area (Å²) >= 11 is 0. The molecule has 0 bridgehead atoms. The molecular formula is C12H16N6O. The maximum absolute atomic E-state index is 11.3. The molecule has 0 spiro atoms. The van der Waals surface area contributed by atoms with Crippen LogP contribution < -0.4 is 10.6 Å². The monoisotopic (exact) mass is 260 g/mol. The average molecular weight is 260 g/mol. The summed E-state index contributed by atoms with van der Waals surface area (Å²) in [6, 6.07) is 5.40. The van der Waals surface area contributed by atoms with E-state index in [-0.39, 0.29) is 11.9 Å². The van der Waals surface area contributed by atoms with Crippen molar-refractivity contribution in [2.75, 3.05) is 12.4 Å². The molecule has 2 heterocycles. The summed E-state index contributed by atoms with van der Waals surface area (Å²) in [5, 5.41) is 17.6. The van der Waals surface area contributed by atoms with E-state index in [9.17, 15) is 4.79 Å². The highest BCUT2D eigenvalue weighted by molar-refractivity contribution is 5.91. The van der Waals surface area contributed by atoms with Crippen LogP contribution in [-0.4, -0.2) is 39.0 Å². The molecule has 7 nitrogen and oxygen atoms in total. The van der Waals surface area contributed by atoms with Gasteiger partial charge in [0.05, 0.1) is 6.54 Å². The normalized spacial score (nSPS) is 11.9. The standard InChI is InChI=1S/C12H16N6O/c1-9(8-18-7-3-6-14-18)15-11-5-4-10(16-17-11)12(19)13-2/h3-7,9H,8H2,1-2H3,(H,13,19)(H,15,17). The van der Waals surface area contributed by atoms with Gasteiger partial charge in [0.25, 0.3) is 5.91 Å². The Morgan fingerprint density at radius 3 is 2.84 bits per heavy atom. The summed E-state index contributed by atoms with van der Waals surface area (Å²) in [5.74, 6) is 0.385. The van der Waals surface area contributed by atoms with Crippen LogP contribution >= 0.6 is 0 Å². The molecule has 0 saturated carbocycles. The van der Waals surface area contributed by atoms with Gasteiger partial charge < -0.3 is 10.6 Å². The Morgan fingerprint density at radius 2 is 2.26 bits per heavy atom. The number of carbonyl (C=O) groups excluding carboxylic acids is 1. The van der Waals surface area contributed by atoms with E-state index in [2.05, 4.69) is 25.9 Å². The van der Waals surface area contributed by atoms with Crippen LogP contribution in [0.25, 0.3) is 0 Å². The first-order chi connectivity index (χ1) is 9.19. The molecule has 0 radical (unpaired) electrons. The first-order valence-electron chi connectivity index (χ1n) is 5.99. The van der Waals surface area contributed by atoms with E-state index in [4.69, 9.17) is 0 Å². The van der Waals surface area contributed by atoms with Crippen molar-refractivity contribution in [3.63, 3.8) is 0 Å². The molecule has 2 aromatic heterocycles. The number of anilines is 1. The van der Waals surface area contributed by atoms with Crippen LogP contribution in [0.2, 0.25) is 0 Å². The van der Waals surface area contributed by atoms with E-state index in [1.165, 1.54) is 0 Å². The van der Waals surface area contributed by atoms with Gasteiger partial charge in [-0.2, -0.15) is 5.10 Å². The predicted molar refractivity (Wildman–Crippen MR) is 70.7 cm³/mol. The number of amides is 1. The van der Waals surface area contributed by atoms with Gasteiger partial charge in [-0.3, -0.25) is 9.48 Å². The fourth-order valence-electron chi connectivity index (χ4n) is 1.65. The van der Waals surface area contributed by atoms with Crippen LogP contribution in [0.3, 0.4) is 0 Å². The molecule has 2 rings (SSSR count). The summed E-state index contributed by atoms with van der Waals surface area (Å²) in [6.07, 6.45) is 3.64. The van der Waals surface area contributed by atoms with Crippen LogP contribution in [0, 0.1) is 0 Å². The Morgan fingerprint density at radius 1 is 1.42 bits per heavy atom. The summed E-state index contributed by atoms with van der Waals surface area (Å²) in [4.78, 5) is 11.3. The molecule has 0 aliphatic rings. The van der Waals surface area contributed by atoms with Crippen molar-refractivity contribution in [3.05, 3.63) is 36.3 Å². The first kappa shape index (κ1) is 13.0. The number of rotatable bonds is 5. The highest BCUT2D eigenvalue weighted by Gasteiger charge is 2.07. The largest absolute Gasteiger partial charge is 0.364 e. The van der Waals surface area contributed by atoms with Crippen molar-refractivity contribution >= 4 is 11.7 Å². The molecular weight excluding hydrogens is 244 g/mol. The number of hydrogen-bond acceptors (Lipinski definition) is 5. The summed E-state index contributed by atoms with van der Waals surface area (Å²) in [5.41, 5.74) is 0.299. The average Bonchev–Trinajstić information content (AvgIpc) is 2.91. The lowest BCUT2D eigenvalue weighted by atomic mass is 10.3. The minimum absolute atomic E-state index is 0.153. The van der Waals surface area contributed by atoms with E-state index in [1.54, 1.807) is 25.4 Å². The van der Waals surface area contributed by atoms with Crippen LogP contribution in [0.5, 0.6) is 0 Å². The highest BCUT2D eigenvalue weighted by atomic mass is 16.1. The molecule has 0 fully saturated rings. The van der Waals surface area contributed by atoms with Crippen molar-refractivity contribution < 1.29 is 4.79 Å². The van der Waals surface area contributed by atoms with Crippen molar-refractivity contribution in [1.29, 1.82) is 0 Å². The van der Waals surface area contributed by atoms with Gasteiger partial charge >= 0.3 is 0 Å². The molecule has 2 aromatic rings. The smallest absolute Gasteiger partial charge is 0.271 e. The van der Waals surface area contributed by atoms with Gasteiger partial charge in [0.2, 0.25) is 0 Å². The second kappa shape index (κ2) is 5.94. The van der Waals surface area contributed by atoms with Gasteiger partial charge in [-0.25, -0.2) is 0 Å². The van der Waals surface area contributed by atoms with E-state index >= 15 is 0 Å². The molecule has 0 aliphatic heterocycles. The third kappa shape index (κ3) is 3.51.